The van der Waals surface area contributed by atoms with Gasteiger partial charge in [-0.25, -0.2) is 0 Å². The van der Waals surface area contributed by atoms with Gasteiger partial charge in [0.15, 0.2) is 0 Å². The zero-order valence-electron chi connectivity index (χ0n) is 12.5. The standard InChI is InChI=1S/C18H14N2O3/c1-12(14-8-4-3-5-9-14)18(21)17-13(2)19(22)15-10-6-7-11-16(15)20(17)23/h3-11H,1H2,2H3. The Hall–Kier alpha value is -3.21. The number of allylic oxidation sites excluding steroid dienone is 1. The Labute approximate surface area is 132 Å². The lowest BCUT2D eigenvalue weighted by Gasteiger charge is -2.11. The van der Waals surface area contributed by atoms with Crippen LogP contribution in [0.25, 0.3) is 16.6 Å². The molecule has 0 fully saturated rings. The van der Waals surface area contributed by atoms with Gasteiger partial charge < -0.3 is 10.4 Å². The van der Waals surface area contributed by atoms with Gasteiger partial charge in [-0.2, -0.15) is 9.46 Å². The van der Waals surface area contributed by atoms with Crippen LogP contribution in [0.4, 0.5) is 0 Å². The van der Waals surface area contributed by atoms with Crippen molar-refractivity contribution in [3.63, 3.8) is 0 Å². The molecule has 23 heavy (non-hydrogen) atoms. The van der Waals surface area contributed by atoms with Crippen LogP contribution < -0.4 is 9.46 Å². The quantitative estimate of drug-likeness (QED) is 0.323. The van der Waals surface area contributed by atoms with Gasteiger partial charge in [0, 0.05) is 24.6 Å². The Kier molecular flexibility index (Phi) is 3.54. The monoisotopic (exact) mass is 306 g/mol. The van der Waals surface area contributed by atoms with Gasteiger partial charge in [-0.15, -0.1) is 0 Å². The molecule has 0 aliphatic carbocycles. The number of nitrogens with zero attached hydrogens (tertiary/aromatic N) is 2. The zero-order valence-corrected chi connectivity index (χ0v) is 12.5. The van der Waals surface area contributed by atoms with Gasteiger partial charge in [-0.3, -0.25) is 4.79 Å². The average molecular weight is 306 g/mol. The van der Waals surface area contributed by atoms with Crippen molar-refractivity contribution < 1.29 is 14.3 Å². The normalized spacial score (nSPS) is 10.7. The van der Waals surface area contributed by atoms with Crippen molar-refractivity contribution >= 4 is 22.4 Å². The van der Waals surface area contributed by atoms with E-state index in [1.54, 1.807) is 42.5 Å². The Morgan fingerprint density at radius 1 is 0.913 bits per heavy atom. The number of hydrogen-bond acceptors (Lipinski definition) is 3. The van der Waals surface area contributed by atoms with Crippen molar-refractivity contribution in [2.24, 2.45) is 0 Å². The number of ketones is 1. The van der Waals surface area contributed by atoms with E-state index in [9.17, 15) is 15.2 Å². The van der Waals surface area contributed by atoms with Gasteiger partial charge in [0.25, 0.3) is 22.5 Å². The van der Waals surface area contributed by atoms with Gasteiger partial charge in [0.2, 0.25) is 0 Å². The van der Waals surface area contributed by atoms with E-state index in [4.69, 9.17) is 0 Å². The zero-order chi connectivity index (χ0) is 16.6. The fourth-order valence-corrected chi connectivity index (χ4v) is 2.52. The summed E-state index contributed by atoms with van der Waals surface area (Å²) in [7, 11) is 0. The highest BCUT2D eigenvalue weighted by molar-refractivity contribution is 6.27. The predicted molar refractivity (Wildman–Crippen MR) is 86.4 cm³/mol. The molecule has 3 rings (SSSR count). The molecule has 1 aromatic heterocycles. The van der Waals surface area contributed by atoms with Gasteiger partial charge >= 0.3 is 5.69 Å². The van der Waals surface area contributed by atoms with Crippen LogP contribution in [0.1, 0.15) is 21.7 Å². The Balaban J connectivity index is 2.20. The first-order valence-corrected chi connectivity index (χ1v) is 7.06. The van der Waals surface area contributed by atoms with E-state index >= 15 is 0 Å². The lowest BCUT2D eigenvalue weighted by molar-refractivity contribution is -0.634. The van der Waals surface area contributed by atoms with E-state index in [1.807, 2.05) is 6.07 Å². The summed E-state index contributed by atoms with van der Waals surface area (Å²) in [6.45, 7) is 5.24. The van der Waals surface area contributed by atoms with E-state index in [0.717, 1.165) is 0 Å². The second-order valence-electron chi connectivity index (χ2n) is 5.19. The molecule has 0 bridgehead atoms. The molecule has 0 radical (unpaired) electrons. The molecule has 5 heteroatoms. The van der Waals surface area contributed by atoms with E-state index in [-0.39, 0.29) is 28.0 Å². The summed E-state index contributed by atoms with van der Waals surface area (Å²) < 4.78 is 1.12. The van der Waals surface area contributed by atoms with Crippen LogP contribution in [0.15, 0.2) is 61.2 Å². The van der Waals surface area contributed by atoms with Gasteiger partial charge in [-0.05, 0) is 5.56 Å². The first kappa shape index (κ1) is 14.7. The largest absolute Gasteiger partial charge is 0.618 e. The molecule has 0 spiro atoms. The summed E-state index contributed by atoms with van der Waals surface area (Å²) in [5.41, 5.74) is 1.02. The van der Waals surface area contributed by atoms with Crippen LogP contribution >= 0.6 is 0 Å². The molecule has 114 valence electrons. The van der Waals surface area contributed by atoms with Crippen LogP contribution in [-0.4, -0.2) is 5.78 Å². The lowest BCUT2D eigenvalue weighted by Crippen LogP contribution is -2.46. The molecule has 0 aliphatic heterocycles. The lowest BCUT2D eigenvalue weighted by atomic mass is 10.0. The predicted octanol–water partition coefficient (Wildman–Crippen LogP) is 2.31. The number of carbonyl (C=O) groups is 1. The van der Waals surface area contributed by atoms with Crippen LogP contribution in [0, 0.1) is 17.3 Å². The van der Waals surface area contributed by atoms with Crippen molar-refractivity contribution in [1.29, 1.82) is 0 Å². The van der Waals surface area contributed by atoms with Crippen LogP contribution in [0.2, 0.25) is 0 Å². The van der Waals surface area contributed by atoms with Crippen LogP contribution in [-0.2, 0) is 0 Å². The second-order valence-corrected chi connectivity index (χ2v) is 5.19. The summed E-state index contributed by atoms with van der Waals surface area (Å²) in [5, 5.41) is 24.9. The van der Waals surface area contributed by atoms with E-state index < -0.39 is 5.78 Å². The third-order valence-corrected chi connectivity index (χ3v) is 3.78. The van der Waals surface area contributed by atoms with Crippen LogP contribution in [0.3, 0.4) is 0 Å². The first-order valence-electron chi connectivity index (χ1n) is 7.06. The Morgan fingerprint density at radius 3 is 2.04 bits per heavy atom. The molecule has 0 amide bonds. The maximum absolute atomic E-state index is 12.7. The average Bonchev–Trinajstić information content (AvgIpc) is 2.60. The third-order valence-electron chi connectivity index (χ3n) is 3.78. The highest BCUT2D eigenvalue weighted by Crippen LogP contribution is 2.18. The molecule has 0 saturated carbocycles. The minimum Gasteiger partial charge on any atom is -0.618 e. The van der Waals surface area contributed by atoms with Crippen molar-refractivity contribution in [3.8, 4) is 0 Å². The van der Waals surface area contributed by atoms with Crippen molar-refractivity contribution in [1.82, 2.24) is 0 Å². The summed E-state index contributed by atoms with van der Waals surface area (Å²) in [5.74, 6) is -0.556. The molecular formula is C18H14N2O3. The minimum atomic E-state index is -0.556. The molecule has 0 atom stereocenters. The maximum atomic E-state index is 12.7. The van der Waals surface area contributed by atoms with E-state index in [1.165, 1.54) is 13.0 Å². The Morgan fingerprint density at radius 2 is 1.43 bits per heavy atom. The van der Waals surface area contributed by atoms with E-state index in [2.05, 4.69) is 6.58 Å². The summed E-state index contributed by atoms with van der Waals surface area (Å²) in [6, 6.07) is 15.2. The number of benzene rings is 2. The summed E-state index contributed by atoms with van der Waals surface area (Å²) in [6.07, 6.45) is 0. The number of Topliss-reactive ketones (excluding diaryl/α,β-unsaturated/α-hetero) is 1. The Bertz CT molecular complexity index is 934. The molecule has 1 heterocycles. The molecule has 0 aliphatic rings. The summed E-state index contributed by atoms with van der Waals surface area (Å²) in [4.78, 5) is 12.7. The number of para-hydroxylation sites is 2. The molecule has 0 unspecified atom stereocenters. The third kappa shape index (κ3) is 2.32. The number of fused-ring (bicyclic) bond motifs is 1. The maximum Gasteiger partial charge on any atom is 0.333 e. The number of aromatic nitrogens is 2. The first-order chi connectivity index (χ1) is 11.0. The molecule has 5 nitrogen and oxygen atoms in total. The highest BCUT2D eigenvalue weighted by Gasteiger charge is 2.32. The molecule has 0 N–H and O–H groups in total. The SMILES string of the molecule is C=C(C(=O)c1c(C)[n+]([O-])c2ccccc2[n+]1[O-])c1ccccc1. The molecule has 3 aromatic rings. The van der Waals surface area contributed by atoms with Crippen molar-refractivity contribution in [2.75, 3.05) is 0 Å². The number of carbonyl (C=O) groups excluding carboxylic acids is 1. The van der Waals surface area contributed by atoms with Gasteiger partial charge in [0.1, 0.15) is 0 Å². The number of hydrogen-bond donors (Lipinski definition) is 0. The van der Waals surface area contributed by atoms with Crippen molar-refractivity contribution in [3.05, 3.63) is 88.5 Å². The topological polar surface area (TPSA) is 71.0 Å². The molecule has 2 aromatic carbocycles. The smallest absolute Gasteiger partial charge is 0.333 e. The fraction of sp³-hybridized carbons (Fsp3) is 0.0556. The van der Waals surface area contributed by atoms with Gasteiger partial charge in [-0.1, -0.05) is 49.0 Å². The fourth-order valence-electron chi connectivity index (χ4n) is 2.52. The van der Waals surface area contributed by atoms with E-state index in [0.29, 0.717) is 15.0 Å². The second kappa shape index (κ2) is 5.53. The highest BCUT2D eigenvalue weighted by atomic mass is 16.5. The van der Waals surface area contributed by atoms with Crippen LogP contribution in [0.5, 0.6) is 0 Å². The molecule has 0 saturated heterocycles. The number of rotatable bonds is 3. The van der Waals surface area contributed by atoms with Crippen molar-refractivity contribution in [2.45, 2.75) is 6.92 Å². The van der Waals surface area contributed by atoms with Gasteiger partial charge in [0.05, 0.1) is 0 Å². The molecular weight excluding hydrogens is 292 g/mol. The minimum absolute atomic E-state index is 0.0563. The summed E-state index contributed by atoms with van der Waals surface area (Å²) >= 11 is 0.